The maximum Gasteiger partial charge on any atom is 0.150 e. The molecule has 4 heteroatoms. The van der Waals surface area contributed by atoms with Crippen molar-refractivity contribution in [1.82, 2.24) is 15.5 Å². The Balaban J connectivity index is 2.52. The largest absolute Gasteiger partial charge is 0.358 e. The van der Waals surface area contributed by atoms with E-state index < -0.39 is 0 Å². The Kier molecular flexibility index (Phi) is 5.19. The van der Waals surface area contributed by atoms with Crippen molar-refractivity contribution < 1.29 is 0 Å². The molecule has 1 aromatic heterocycles. The van der Waals surface area contributed by atoms with Crippen LogP contribution >= 0.6 is 0 Å². The Morgan fingerprint density at radius 2 is 2.06 bits per heavy atom. The van der Waals surface area contributed by atoms with Gasteiger partial charge in [0, 0.05) is 20.1 Å². The number of anilines is 1. The first-order chi connectivity index (χ1) is 7.63. The molecule has 0 unspecified atom stereocenters. The minimum atomic E-state index is 0.721. The van der Waals surface area contributed by atoms with Crippen LogP contribution in [0, 0.1) is 5.92 Å². The highest BCUT2D eigenvalue weighted by atomic mass is 15.2. The molecule has 0 saturated heterocycles. The van der Waals surface area contributed by atoms with E-state index in [-0.39, 0.29) is 0 Å². The second-order valence-corrected chi connectivity index (χ2v) is 4.52. The molecule has 0 aliphatic heterocycles. The number of aromatic nitrogens is 2. The monoisotopic (exact) mass is 222 g/mol. The van der Waals surface area contributed by atoms with Crippen molar-refractivity contribution in [3.8, 4) is 0 Å². The SMILES string of the molecule is CNCc1ccc(N(C)CCC(C)C)nn1. The molecule has 90 valence electrons. The lowest BCUT2D eigenvalue weighted by Gasteiger charge is -2.18. The van der Waals surface area contributed by atoms with E-state index in [0.29, 0.717) is 0 Å². The van der Waals surface area contributed by atoms with Crippen LogP contribution in [0.3, 0.4) is 0 Å². The van der Waals surface area contributed by atoms with Gasteiger partial charge in [0.25, 0.3) is 0 Å². The van der Waals surface area contributed by atoms with Gasteiger partial charge >= 0.3 is 0 Å². The van der Waals surface area contributed by atoms with Crippen LogP contribution < -0.4 is 10.2 Å². The summed E-state index contributed by atoms with van der Waals surface area (Å²) in [5.41, 5.74) is 0.975. The highest BCUT2D eigenvalue weighted by Gasteiger charge is 2.04. The molecule has 0 aliphatic carbocycles. The van der Waals surface area contributed by atoms with Gasteiger partial charge in [0.15, 0.2) is 5.82 Å². The van der Waals surface area contributed by atoms with Crippen molar-refractivity contribution in [2.24, 2.45) is 5.92 Å². The Hall–Kier alpha value is -1.16. The van der Waals surface area contributed by atoms with Crippen molar-refractivity contribution in [2.45, 2.75) is 26.8 Å². The summed E-state index contributed by atoms with van der Waals surface area (Å²) in [6.45, 7) is 6.26. The smallest absolute Gasteiger partial charge is 0.150 e. The van der Waals surface area contributed by atoms with Gasteiger partial charge in [0.05, 0.1) is 5.69 Å². The summed E-state index contributed by atoms with van der Waals surface area (Å²) < 4.78 is 0. The molecule has 0 bridgehead atoms. The number of nitrogens with one attached hydrogen (secondary N) is 1. The molecule has 0 aromatic carbocycles. The molecule has 0 aliphatic rings. The molecule has 1 N–H and O–H groups in total. The van der Waals surface area contributed by atoms with Gasteiger partial charge in [-0.3, -0.25) is 0 Å². The van der Waals surface area contributed by atoms with Gasteiger partial charge in [0.2, 0.25) is 0 Å². The Labute approximate surface area is 98.1 Å². The quantitative estimate of drug-likeness (QED) is 0.795. The second-order valence-electron chi connectivity index (χ2n) is 4.52. The Morgan fingerprint density at radius 3 is 2.56 bits per heavy atom. The summed E-state index contributed by atoms with van der Waals surface area (Å²) in [7, 11) is 3.97. The van der Waals surface area contributed by atoms with E-state index in [9.17, 15) is 0 Å². The number of rotatable bonds is 6. The molecule has 4 nitrogen and oxygen atoms in total. The van der Waals surface area contributed by atoms with Crippen LogP contribution in [-0.2, 0) is 6.54 Å². The normalized spacial score (nSPS) is 10.8. The fourth-order valence-electron chi connectivity index (χ4n) is 1.40. The van der Waals surface area contributed by atoms with Gasteiger partial charge in [-0.05, 0) is 31.5 Å². The molecule has 1 rings (SSSR count). The lowest BCUT2D eigenvalue weighted by atomic mass is 10.1. The maximum absolute atomic E-state index is 4.21. The fraction of sp³-hybridized carbons (Fsp3) is 0.667. The first-order valence-corrected chi connectivity index (χ1v) is 5.82. The first kappa shape index (κ1) is 12.9. The minimum absolute atomic E-state index is 0.721. The maximum atomic E-state index is 4.21. The van der Waals surface area contributed by atoms with E-state index in [1.54, 1.807) is 0 Å². The lowest BCUT2D eigenvalue weighted by molar-refractivity contribution is 0.582. The zero-order valence-electron chi connectivity index (χ0n) is 10.7. The zero-order valence-corrected chi connectivity index (χ0v) is 10.7. The van der Waals surface area contributed by atoms with Gasteiger partial charge in [-0.2, -0.15) is 5.10 Å². The molecule has 0 radical (unpaired) electrons. The molecule has 16 heavy (non-hydrogen) atoms. The summed E-state index contributed by atoms with van der Waals surface area (Å²) in [4.78, 5) is 2.15. The highest BCUT2D eigenvalue weighted by Crippen LogP contribution is 2.09. The molecule has 0 atom stereocenters. The van der Waals surface area contributed by atoms with Crippen LogP contribution in [0.2, 0.25) is 0 Å². The van der Waals surface area contributed by atoms with Gasteiger partial charge < -0.3 is 10.2 Å². The van der Waals surface area contributed by atoms with Gasteiger partial charge in [-0.1, -0.05) is 13.8 Å². The molecular formula is C12H22N4. The second kappa shape index (κ2) is 6.43. The number of nitrogens with zero attached hydrogens (tertiary/aromatic N) is 3. The van der Waals surface area contributed by atoms with Gasteiger partial charge in [-0.25, -0.2) is 0 Å². The van der Waals surface area contributed by atoms with Gasteiger partial charge in [-0.15, -0.1) is 5.10 Å². The molecule has 1 heterocycles. The third-order valence-electron chi connectivity index (χ3n) is 2.50. The molecule has 0 amide bonds. The van der Waals surface area contributed by atoms with Crippen molar-refractivity contribution in [3.63, 3.8) is 0 Å². The molecule has 0 spiro atoms. The van der Waals surface area contributed by atoms with Crippen LogP contribution in [0.15, 0.2) is 12.1 Å². The average molecular weight is 222 g/mol. The van der Waals surface area contributed by atoms with Crippen molar-refractivity contribution in [3.05, 3.63) is 17.8 Å². The van der Waals surface area contributed by atoms with Crippen molar-refractivity contribution >= 4 is 5.82 Å². The van der Waals surface area contributed by atoms with E-state index in [2.05, 4.69) is 41.3 Å². The molecular weight excluding hydrogens is 200 g/mol. The highest BCUT2D eigenvalue weighted by molar-refractivity contribution is 5.35. The summed E-state index contributed by atoms with van der Waals surface area (Å²) >= 11 is 0. The van der Waals surface area contributed by atoms with Crippen LogP contribution in [0.4, 0.5) is 5.82 Å². The predicted molar refractivity (Wildman–Crippen MR) is 67.5 cm³/mol. The van der Waals surface area contributed by atoms with E-state index in [1.165, 1.54) is 6.42 Å². The number of hydrogen-bond acceptors (Lipinski definition) is 4. The molecule has 0 fully saturated rings. The standard InChI is InChI=1S/C12H22N4/c1-10(2)7-8-16(4)12-6-5-11(9-13-3)14-15-12/h5-6,10,13H,7-9H2,1-4H3. The minimum Gasteiger partial charge on any atom is -0.358 e. The third-order valence-corrected chi connectivity index (χ3v) is 2.50. The molecule has 1 aromatic rings. The summed E-state index contributed by atoms with van der Waals surface area (Å²) in [5.74, 6) is 1.67. The predicted octanol–water partition coefficient (Wildman–Crippen LogP) is 1.68. The number of hydrogen-bond donors (Lipinski definition) is 1. The van der Waals surface area contributed by atoms with Gasteiger partial charge in [0.1, 0.15) is 0 Å². The van der Waals surface area contributed by atoms with E-state index >= 15 is 0 Å². The van der Waals surface area contributed by atoms with Crippen molar-refractivity contribution in [2.75, 3.05) is 25.5 Å². The third kappa shape index (κ3) is 4.14. The van der Waals surface area contributed by atoms with E-state index in [0.717, 1.165) is 30.5 Å². The lowest BCUT2D eigenvalue weighted by Crippen LogP contribution is -2.21. The van der Waals surface area contributed by atoms with Crippen LogP contribution in [0.5, 0.6) is 0 Å². The Bertz CT molecular complexity index is 294. The topological polar surface area (TPSA) is 41.0 Å². The molecule has 0 saturated carbocycles. The summed E-state index contributed by atoms with van der Waals surface area (Å²) in [6, 6.07) is 4.05. The first-order valence-electron chi connectivity index (χ1n) is 5.82. The zero-order chi connectivity index (χ0) is 12.0. The summed E-state index contributed by atoms with van der Waals surface area (Å²) in [5, 5.41) is 11.4. The van der Waals surface area contributed by atoms with E-state index in [4.69, 9.17) is 0 Å². The fourth-order valence-corrected chi connectivity index (χ4v) is 1.40. The average Bonchev–Trinajstić information content (AvgIpc) is 2.27. The van der Waals surface area contributed by atoms with Crippen LogP contribution in [0.1, 0.15) is 26.0 Å². The summed E-state index contributed by atoms with van der Waals surface area (Å²) in [6.07, 6.45) is 1.18. The van der Waals surface area contributed by atoms with Crippen LogP contribution in [-0.4, -0.2) is 30.8 Å². The van der Waals surface area contributed by atoms with Crippen LogP contribution in [0.25, 0.3) is 0 Å². The van der Waals surface area contributed by atoms with Crippen molar-refractivity contribution in [1.29, 1.82) is 0 Å². The van der Waals surface area contributed by atoms with E-state index in [1.807, 2.05) is 19.2 Å². The Morgan fingerprint density at radius 1 is 1.31 bits per heavy atom.